The second-order valence-corrected chi connectivity index (χ2v) is 5.27. The minimum atomic E-state index is 0.464. The third-order valence-electron chi connectivity index (χ3n) is 2.53. The number of pyridine rings is 1. The highest BCUT2D eigenvalue weighted by atomic mass is 79.9. The molecule has 7 heteroatoms. The molecule has 0 unspecified atom stereocenters. The summed E-state index contributed by atoms with van der Waals surface area (Å²) in [5.74, 6) is 0.464. The topological polar surface area (TPSA) is 68.2 Å². The molecule has 3 rings (SSSR count). The van der Waals surface area contributed by atoms with E-state index in [-0.39, 0.29) is 0 Å². The second-order valence-electron chi connectivity index (χ2n) is 3.95. The van der Waals surface area contributed by atoms with Crippen LogP contribution in [0, 0.1) is 0 Å². The molecule has 0 radical (unpaired) electrons. The van der Waals surface area contributed by atoms with Crippen LogP contribution in [0.15, 0.2) is 41.0 Å². The van der Waals surface area contributed by atoms with Gasteiger partial charge in [0.1, 0.15) is 0 Å². The number of rotatable bonds is 2. The summed E-state index contributed by atoms with van der Waals surface area (Å²) < 4.78 is 2.60. The Morgan fingerprint density at radius 2 is 2.11 bits per heavy atom. The maximum absolute atomic E-state index is 6.08. The minimum Gasteiger partial charge on any atom is -0.399 e. The number of halogens is 2. The number of hydrogen-bond acceptors (Lipinski definition) is 4. The van der Waals surface area contributed by atoms with Gasteiger partial charge in [0.2, 0.25) is 5.95 Å². The van der Waals surface area contributed by atoms with Gasteiger partial charge in [-0.05, 0) is 46.3 Å². The van der Waals surface area contributed by atoms with Gasteiger partial charge in [-0.1, -0.05) is 11.6 Å². The van der Waals surface area contributed by atoms with Gasteiger partial charge in [-0.15, -0.1) is 5.10 Å². The Morgan fingerprint density at radius 3 is 2.95 bits per heavy atom. The molecule has 0 atom stereocenters. The Hall–Kier alpha value is -1.79. The van der Waals surface area contributed by atoms with Gasteiger partial charge >= 0.3 is 0 Å². The molecule has 0 aliphatic rings. The molecule has 2 aromatic heterocycles. The highest BCUT2D eigenvalue weighted by Crippen LogP contribution is 2.26. The summed E-state index contributed by atoms with van der Waals surface area (Å²) in [7, 11) is 0. The lowest BCUT2D eigenvalue weighted by Gasteiger charge is -2.04. The smallest absolute Gasteiger partial charge is 0.247 e. The van der Waals surface area contributed by atoms with Gasteiger partial charge < -0.3 is 11.1 Å². The molecule has 0 bridgehead atoms. The van der Waals surface area contributed by atoms with Crippen molar-refractivity contribution in [3.8, 4) is 0 Å². The summed E-state index contributed by atoms with van der Waals surface area (Å²) in [6, 6.07) is 8.97. The van der Waals surface area contributed by atoms with Crippen LogP contribution in [-0.4, -0.2) is 14.6 Å². The molecule has 19 heavy (non-hydrogen) atoms. The third-order valence-corrected chi connectivity index (χ3v) is 3.33. The zero-order valence-corrected chi connectivity index (χ0v) is 12.0. The fourth-order valence-corrected chi connectivity index (χ4v) is 2.16. The molecular formula is C12H9BrClN5. The Bertz CT molecular complexity index is 755. The molecule has 0 fully saturated rings. The number of nitrogens with zero attached hydrogens (tertiary/aromatic N) is 3. The first-order valence-corrected chi connectivity index (χ1v) is 6.63. The van der Waals surface area contributed by atoms with Gasteiger partial charge in [0, 0.05) is 16.4 Å². The van der Waals surface area contributed by atoms with Crippen LogP contribution in [-0.2, 0) is 0 Å². The van der Waals surface area contributed by atoms with Crippen molar-refractivity contribution >= 4 is 50.5 Å². The Morgan fingerprint density at radius 1 is 1.26 bits per heavy atom. The highest BCUT2D eigenvalue weighted by Gasteiger charge is 2.07. The lowest BCUT2D eigenvalue weighted by Crippen LogP contribution is -1.95. The molecule has 0 amide bonds. The van der Waals surface area contributed by atoms with Crippen LogP contribution in [0.2, 0.25) is 5.02 Å². The average molecular weight is 339 g/mol. The quantitative estimate of drug-likeness (QED) is 0.702. The first-order valence-electron chi connectivity index (χ1n) is 5.46. The summed E-state index contributed by atoms with van der Waals surface area (Å²) in [5.41, 5.74) is 7.77. The van der Waals surface area contributed by atoms with Crippen LogP contribution < -0.4 is 11.1 Å². The van der Waals surface area contributed by atoms with Crippen molar-refractivity contribution in [1.29, 1.82) is 0 Å². The molecule has 1 aromatic carbocycles. The molecule has 5 nitrogen and oxygen atoms in total. The molecule has 3 N–H and O–H groups in total. The van der Waals surface area contributed by atoms with Crippen molar-refractivity contribution in [1.82, 2.24) is 14.6 Å². The molecule has 3 aromatic rings. The normalized spacial score (nSPS) is 10.8. The number of nitrogen functional groups attached to an aromatic ring is 1. The third kappa shape index (κ3) is 2.50. The maximum atomic E-state index is 6.08. The van der Waals surface area contributed by atoms with Gasteiger partial charge in [0.05, 0.1) is 10.7 Å². The number of benzene rings is 1. The summed E-state index contributed by atoms with van der Waals surface area (Å²) in [5, 5.41) is 7.92. The summed E-state index contributed by atoms with van der Waals surface area (Å²) in [6.45, 7) is 0. The van der Waals surface area contributed by atoms with E-state index in [0.29, 0.717) is 22.3 Å². The van der Waals surface area contributed by atoms with E-state index in [4.69, 9.17) is 17.3 Å². The van der Waals surface area contributed by atoms with Crippen molar-refractivity contribution in [2.45, 2.75) is 0 Å². The number of hydrogen-bond donors (Lipinski definition) is 2. The van der Waals surface area contributed by atoms with E-state index in [0.717, 1.165) is 10.1 Å². The van der Waals surface area contributed by atoms with Gasteiger partial charge in [0.15, 0.2) is 5.65 Å². The monoisotopic (exact) mass is 337 g/mol. The van der Waals surface area contributed by atoms with Gasteiger partial charge in [-0.25, -0.2) is 4.52 Å². The Kier molecular flexibility index (Phi) is 3.04. The van der Waals surface area contributed by atoms with E-state index in [9.17, 15) is 0 Å². The van der Waals surface area contributed by atoms with Crippen LogP contribution >= 0.6 is 27.5 Å². The van der Waals surface area contributed by atoms with Crippen LogP contribution in [0.25, 0.3) is 5.65 Å². The van der Waals surface area contributed by atoms with Crippen LogP contribution in [0.5, 0.6) is 0 Å². The zero-order chi connectivity index (χ0) is 13.4. The number of aromatic nitrogens is 3. The minimum absolute atomic E-state index is 0.464. The number of fused-ring (bicyclic) bond motifs is 1. The Labute approximate surface area is 122 Å². The second kappa shape index (κ2) is 4.71. The van der Waals surface area contributed by atoms with Gasteiger partial charge in [0.25, 0.3) is 0 Å². The lowest BCUT2D eigenvalue weighted by atomic mass is 10.3. The van der Waals surface area contributed by atoms with Crippen molar-refractivity contribution < 1.29 is 0 Å². The van der Waals surface area contributed by atoms with E-state index in [1.807, 2.05) is 18.3 Å². The summed E-state index contributed by atoms with van der Waals surface area (Å²) >= 11 is 9.47. The maximum Gasteiger partial charge on any atom is 0.247 e. The van der Waals surface area contributed by atoms with E-state index in [1.165, 1.54) is 0 Å². The highest BCUT2D eigenvalue weighted by molar-refractivity contribution is 9.10. The molecule has 0 spiro atoms. The van der Waals surface area contributed by atoms with E-state index >= 15 is 0 Å². The van der Waals surface area contributed by atoms with Crippen molar-refractivity contribution in [3.63, 3.8) is 0 Å². The van der Waals surface area contributed by atoms with Crippen LogP contribution in [0.1, 0.15) is 0 Å². The van der Waals surface area contributed by atoms with Gasteiger partial charge in [-0.3, -0.25) is 0 Å². The molecule has 96 valence electrons. The predicted molar refractivity (Wildman–Crippen MR) is 79.8 cm³/mol. The fraction of sp³-hybridized carbons (Fsp3) is 0. The summed E-state index contributed by atoms with van der Waals surface area (Å²) in [6.07, 6.45) is 1.83. The standard InChI is InChI=1S/C12H9BrClN5/c13-7-1-4-11-17-12(18-19(11)6-7)16-10-5-8(15)2-3-9(10)14/h1-6H,15H2,(H,16,18). The molecule has 0 saturated heterocycles. The van der Waals surface area contributed by atoms with Crippen molar-refractivity contribution in [2.24, 2.45) is 0 Å². The van der Waals surface area contributed by atoms with Gasteiger partial charge in [-0.2, -0.15) is 4.98 Å². The largest absolute Gasteiger partial charge is 0.399 e. The first-order chi connectivity index (χ1) is 9.11. The van der Waals surface area contributed by atoms with Crippen molar-refractivity contribution in [3.05, 3.63) is 46.0 Å². The fourth-order valence-electron chi connectivity index (χ4n) is 1.67. The Balaban J connectivity index is 1.98. The van der Waals surface area contributed by atoms with Crippen LogP contribution in [0.3, 0.4) is 0 Å². The number of anilines is 3. The van der Waals surface area contributed by atoms with Crippen molar-refractivity contribution in [2.75, 3.05) is 11.1 Å². The molecule has 0 saturated carbocycles. The zero-order valence-electron chi connectivity index (χ0n) is 9.64. The molecule has 0 aliphatic heterocycles. The molecule has 0 aliphatic carbocycles. The predicted octanol–water partition coefficient (Wildman–Crippen LogP) is 3.47. The lowest BCUT2D eigenvalue weighted by molar-refractivity contribution is 0.960. The van der Waals surface area contributed by atoms with E-state index in [2.05, 4.69) is 31.3 Å². The number of nitrogens with one attached hydrogen (secondary N) is 1. The van der Waals surface area contributed by atoms with Crippen LogP contribution in [0.4, 0.5) is 17.3 Å². The van der Waals surface area contributed by atoms with E-state index in [1.54, 1.807) is 22.7 Å². The SMILES string of the molecule is Nc1ccc(Cl)c(Nc2nc3ccc(Br)cn3n2)c1. The average Bonchev–Trinajstić information content (AvgIpc) is 2.75. The number of nitrogens with two attached hydrogens (primary N) is 1. The summed E-state index contributed by atoms with van der Waals surface area (Å²) in [4.78, 5) is 4.34. The van der Waals surface area contributed by atoms with E-state index < -0.39 is 0 Å². The molecular weight excluding hydrogens is 330 g/mol. The first kappa shape index (κ1) is 12.3. The molecule has 2 heterocycles.